The Morgan fingerprint density at radius 2 is 0.828 bits per heavy atom. The van der Waals surface area contributed by atoms with Crippen molar-refractivity contribution in [2.45, 2.75) is 84.6 Å². The van der Waals surface area contributed by atoms with Crippen molar-refractivity contribution in [3.05, 3.63) is 48.5 Å². The van der Waals surface area contributed by atoms with E-state index in [1.807, 2.05) is 0 Å². The van der Waals surface area contributed by atoms with E-state index in [0.717, 1.165) is 22.6 Å². The zero-order valence-electron chi connectivity index (χ0n) is 19.8. The molecule has 2 aromatic rings. The molecule has 0 heterocycles. The van der Waals surface area contributed by atoms with Gasteiger partial charge in [0.1, 0.15) is 8.80 Å². The van der Waals surface area contributed by atoms with Gasteiger partial charge in [0.25, 0.3) is 0 Å². The summed E-state index contributed by atoms with van der Waals surface area (Å²) in [4.78, 5) is 0. The van der Waals surface area contributed by atoms with Gasteiger partial charge in [0, 0.05) is 0 Å². The zero-order chi connectivity index (χ0) is 21.0. The van der Waals surface area contributed by atoms with Crippen molar-refractivity contribution in [1.29, 1.82) is 0 Å². The number of rotatable bonds is 8. The van der Waals surface area contributed by atoms with Crippen LogP contribution in [0.15, 0.2) is 48.5 Å². The fourth-order valence-electron chi connectivity index (χ4n) is 4.48. The van der Waals surface area contributed by atoms with Gasteiger partial charge in [-0.2, -0.15) is 0 Å². The molecule has 166 valence electrons. The van der Waals surface area contributed by atoms with E-state index in [4.69, 9.17) is 0 Å². The molecule has 0 aromatic heterocycles. The average molecular weight is 626 g/mol. The van der Waals surface area contributed by atoms with Gasteiger partial charge >= 0.3 is 20.1 Å². The predicted molar refractivity (Wildman–Crippen MR) is 143 cm³/mol. The molecule has 2 radical (unpaired) electrons. The topological polar surface area (TPSA) is 0 Å². The van der Waals surface area contributed by atoms with Crippen LogP contribution in [0.1, 0.15) is 55.4 Å². The molecule has 0 aliphatic carbocycles. The minimum absolute atomic E-state index is 0. The van der Waals surface area contributed by atoms with E-state index in [1.165, 1.54) is 0 Å². The van der Waals surface area contributed by atoms with E-state index in [-0.39, 0.29) is 35.9 Å². The third kappa shape index (κ3) is 6.57. The summed E-state index contributed by atoms with van der Waals surface area (Å²) in [6.45, 7) is 21.8. The van der Waals surface area contributed by atoms with E-state index in [9.17, 15) is 0 Å². The first-order valence-electron chi connectivity index (χ1n) is 10.8. The molecule has 0 bridgehead atoms. The molecule has 2 rings (SSSR count). The Morgan fingerprint density at radius 3 is 1.10 bits per heavy atom. The molecule has 0 aliphatic rings. The molecule has 0 nitrogen and oxygen atoms in total. The standard InChI is InChI=1S/C25H39P2Si.Ir.4H/c1-18(2)26(19(3)4)22-14-10-12-16-24(22)28(9)25-17-13-11-15-23(25)27(20(5)6)21(7)8;;;;;/h10-21H,1-9H3;;;;;. The third-order valence-corrected chi connectivity index (χ3v) is 14.7. The number of benzene rings is 2. The van der Waals surface area contributed by atoms with Crippen molar-refractivity contribution in [3.8, 4) is 0 Å². The SMILES string of the molecule is CC(C)P(c1ccccc1[Si](C)c1ccccc1P(C(C)C)C(C)C)C(C)C.[IrH4]. The molecule has 29 heavy (non-hydrogen) atoms. The van der Waals surface area contributed by atoms with Crippen LogP contribution in [0.4, 0.5) is 0 Å². The maximum atomic E-state index is 2.53. The van der Waals surface area contributed by atoms with E-state index in [2.05, 4.69) is 110 Å². The van der Waals surface area contributed by atoms with Gasteiger partial charge in [0.05, 0.1) is 0 Å². The van der Waals surface area contributed by atoms with Crippen LogP contribution in [0.3, 0.4) is 0 Å². The molecule has 0 saturated heterocycles. The molecule has 0 fully saturated rings. The Kier molecular flexibility index (Phi) is 11.5. The first-order valence-corrected chi connectivity index (χ1v) is 15.7. The van der Waals surface area contributed by atoms with Crippen molar-refractivity contribution in [1.82, 2.24) is 0 Å². The fraction of sp³-hybridized carbons (Fsp3) is 0.520. The normalized spacial score (nSPS) is 12.1. The summed E-state index contributed by atoms with van der Waals surface area (Å²) in [6, 6.07) is 18.8. The summed E-state index contributed by atoms with van der Waals surface area (Å²) in [7, 11) is -1.07. The Hall–Kier alpha value is 0.166. The first kappa shape index (κ1) is 27.2. The van der Waals surface area contributed by atoms with E-state index in [0.29, 0.717) is 0 Å². The second-order valence-corrected chi connectivity index (χ2v) is 17.9. The van der Waals surface area contributed by atoms with Crippen molar-refractivity contribution < 1.29 is 20.1 Å². The van der Waals surface area contributed by atoms with Gasteiger partial charge in [-0.15, -0.1) is 0 Å². The van der Waals surface area contributed by atoms with Crippen LogP contribution in [-0.4, -0.2) is 31.4 Å². The molecule has 0 saturated carbocycles. The van der Waals surface area contributed by atoms with Crippen LogP contribution in [0.25, 0.3) is 0 Å². The third-order valence-electron chi connectivity index (χ3n) is 5.40. The van der Waals surface area contributed by atoms with Crippen LogP contribution in [0, 0.1) is 0 Å². The van der Waals surface area contributed by atoms with E-state index in [1.54, 1.807) is 21.0 Å². The van der Waals surface area contributed by atoms with Crippen LogP contribution in [0.2, 0.25) is 6.55 Å². The van der Waals surface area contributed by atoms with Crippen molar-refractivity contribution in [3.63, 3.8) is 0 Å². The van der Waals surface area contributed by atoms with Crippen molar-refractivity contribution >= 4 is 45.6 Å². The quantitative estimate of drug-likeness (QED) is 0.295. The zero-order valence-corrected chi connectivity index (χ0v) is 25.8. The molecule has 2 aromatic carbocycles. The number of hydrogen-bond donors (Lipinski definition) is 0. The summed E-state index contributed by atoms with van der Waals surface area (Å²) in [5.41, 5.74) is 2.91. The molecule has 0 atom stereocenters. The van der Waals surface area contributed by atoms with Crippen LogP contribution >= 0.6 is 15.8 Å². The van der Waals surface area contributed by atoms with Gasteiger partial charge in [0.2, 0.25) is 0 Å². The predicted octanol–water partition coefficient (Wildman–Crippen LogP) is 4.70. The molecule has 0 amide bonds. The Labute approximate surface area is 198 Å². The molecule has 0 N–H and O–H groups in total. The van der Waals surface area contributed by atoms with E-state index < -0.39 is 8.80 Å². The van der Waals surface area contributed by atoms with Gasteiger partial charge in [-0.3, -0.25) is 0 Å². The molecule has 0 unspecified atom stereocenters. The van der Waals surface area contributed by atoms with Gasteiger partial charge in [-0.05, 0) is 43.6 Å². The van der Waals surface area contributed by atoms with E-state index >= 15 is 0 Å². The Balaban J connectivity index is 0.00000420. The van der Waals surface area contributed by atoms with Gasteiger partial charge in [0.15, 0.2) is 0 Å². The summed E-state index contributed by atoms with van der Waals surface area (Å²) < 4.78 is 0. The summed E-state index contributed by atoms with van der Waals surface area (Å²) in [6.07, 6.45) is 0. The van der Waals surface area contributed by atoms with Crippen molar-refractivity contribution in [2.75, 3.05) is 0 Å². The summed E-state index contributed by atoms with van der Waals surface area (Å²) >= 11 is 0. The van der Waals surface area contributed by atoms with Crippen LogP contribution in [0.5, 0.6) is 0 Å². The molecular formula is C25H43IrP2Si. The van der Waals surface area contributed by atoms with Crippen molar-refractivity contribution in [2.24, 2.45) is 0 Å². The monoisotopic (exact) mass is 626 g/mol. The Bertz CT molecular complexity index is 678. The van der Waals surface area contributed by atoms with Gasteiger partial charge in [-0.25, -0.2) is 0 Å². The first-order chi connectivity index (χ1) is 13.2. The summed E-state index contributed by atoms with van der Waals surface area (Å²) in [5, 5.41) is 6.62. The van der Waals surface area contributed by atoms with Crippen LogP contribution < -0.4 is 21.0 Å². The Morgan fingerprint density at radius 1 is 0.552 bits per heavy atom. The maximum absolute atomic E-state index is 2.53. The minimum atomic E-state index is -0.793. The summed E-state index contributed by atoms with van der Waals surface area (Å²) in [5.74, 6) is 0. The fourth-order valence-corrected chi connectivity index (χ4v) is 14.0. The number of hydrogen-bond acceptors (Lipinski definition) is 0. The van der Waals surface area contributed by atoms with Gasteiger partial charge in [-0.1, -0.05) is 126 Å². The second kappa shape index (κ2) is 12.3. The van der Waals surface area contributed by atoms with Gasteiger partial charge < -0.3 is 0 Å². The molecular weight excluding hydrogens is 583 g/mol. The molecule has 4 heteroatoms. The second-order valence-electron chi connectivity index (χ2n) is 8.85. The average Bonchev–Trinajstić information content (AvgIpc) is 2.61. The van der Waals surface area contributed by atoms with Crippen LogP contribution in [-0.2, 0) is 20.1 Å². The molecule has 0 aliphatic heterocycles. The molecule has 0 spiro atoms.